The van der Waals surface area contributed by atoms with E-state index in [0.717, 1.165) is 13.1 Å². The number of anilines is 1. The molecule has 0 spiro atoms. The van der Waals surface area contributed by atoms with Gasteiger partial charge >= 0.3 is 0 Å². The summed E-state index contributed by atoms with van der Waals surface area (Å²) in [7, 11) is 3.98. The second-order valence-corrected chi connectivity index (χ2v) is 6.59. The average Bonchev–Trinajstić information content (AvgIpc) is 3.22. The van der Waals surface area contributed by atoms with Crippen LogP contribution in [0, 0.1) is 0 Å². The van der Waals surface area contributed by atoms with Crippen LogP contribution in [0.25, 0.3) is 0 Å². The maximum absolute atomic E-state index is 12.6. The lowest BCUT2D eigenvalue weighted by Gasteiger charge is -2.34. The second kappa shape index (κ2) is 8.63. The number of rotatable bonds is 6. The third kappa shape index (κ3) is 4.82. The number of likely N-dealkylation sites (N-methyl/N-ethyl adjacent to an activating group) is 1. The van der Waals surface area contributed by atoms with E-state index in [-0.39, 0.29) is 11.8 Å². The van der Waals surface area contributed by atoms with Crippen molar-refractivity contribution in [1.82, 2.24) is 24.7 Å². The van der Waals surface area contributed by atoms with E-state index in [0.29, 0.717) is 43.5 Å². The first-order valence-electron chi connectivity index (χ1n) is 8.87. The quantitative estimate of drug-likeness (QED) is 0.795. The normalized spacial score (nSPS) is 14.5. The molecule has 0 aliphatic carbocycles. The summed E-state index contributed by atoms with van der Waals surface area (Å²) in [4.78, 5) is 38.8. The first-order valence-corrected chi connectivity index (χ1v) is 8.87. The van der Waals surface area contributed by atoms with E-state index in [1.807, 2.05) is 14.1 Å². The highest BCUT2D eigenvalue weighted by molar-refractivity contribution is 5.94. The molecule has 1 aliphatic rings. The standard InChI is InChI=1S/C18H24N6O3/c1-22(2)6-5-19-18-20-12-14(13-21-18)16(25)23-7-9-24(10-8-23)17(26)15-4-3-11-27-15/h3-4,11-13H,5-10H2,1-2H3,(H,19,20,21). The molecule has 0 radical (unpaired) electrons. The smallest absolute Gasteiger partial charge is 0.289 e. The third-order valence-electron chi connectivity index (χ3n) is 4.33. The monoisotopic (exact) mass is 372 g/mol. The highest BCUT2D eigenvalue weighted by Crippen LogP contribution is 2.12. The molecule has 0 bridgehead atoms. The molecule has 3 rings (SSSR count). The lowest BCUT2D eigenvalue weighted by molar-refractivity contribution is 0.0517. The molecular formula is C18H24N6O3. The summed E-state index contributed by atoms with van der Waals surface area (Å²) in [5, 5.41) is 3.11. The molecular weight excluding hydrogens is 348 g/mol. The zero-order valence-electron chi connectivity index (χ0n) is 15.6. The Bertz CT molecular complexity index is 752. The number of carbonyl (C=O) groups excluding carboxylic acids is 2. The van der Waals surface area contributed by atoms with Gasteiger partial charge in [-0.2, -0.15) is 0 Å². The van der Waals surface area contributed by atoms with Crippen LogP contribution in [0.4, 0.5) is 5.95 Å². The van der Waals surface area contributed by atoms with E-state index in [1.54, 1.807) is 21.9 Å². The molecule has 1 saturated heterocycles. The van der Waals surface area contributed by atoms with Gasteiger partial charge in [-0.05, 0) is 26.2 Å². The van der Waals surface area contributed by atoms with Crippen LogP contribution in [-0.4, -0.2) is 89.8 Å². The maximum atomic E-state index is 12.6. The zero-order valence-corrected chi connectivity index (χ0v) is 15.6. The van der Waals surface area contributed by atoms with Crippen molar-refractivity contribution in [2.24, 2.45) is 0 Å². The molecule has 0 unspecified atom stereocenters. The molecule has 9 heteroatoms. The summed E-state index contributed by atoms with van der Waals surface area (Å²) < 4.78 is 5.15. The molecule has 9 nitrogen and oxygen atoms in total. The largest absolute Gasteiger partial charge is 0.459 e. The molecule has 0 saturated carbocycles. The molecule has 1 fully saturated rings. The van der Waals surface area contributed by atoms with Gasteiger partial charge in [-0.3, -0.25) is 9.59 Å². The topological polar surface area (TPSA) is 94.8 Å². The van der Waals surface area contributed by atoms with Crippen molar-refractivity contribution < 1.29 is 14.0 Å². The number of nitrogens with zero attached hydrogens (tertiary/aromatic N) is 5. The van der Waals surface area contributed by atoms with Crippen molar-refractivity contribution >= 4 is 17.8 Å². The van der Waals surface area contributed by atoms with Gasteiger partial charge in [0.2, 0.25) is 5.95 Å². The van der Waals surface area contributed by atoms with Crippen LogP contribution in [0.3, 0.4) is 0 Å². The van der Waals surface area contributed by atoms with Gasteiger partial charge in [0, 0.05) is 51.7 Å². The van der Waals surface area contributed by atoms with Crippen molar-refractivity contribution in [3.8, 4) is 0 Å². The SMILES string of the molecule is CN(C)CCNc1ncc(C(=O)N2CCN(C(=O)c3ccco3)CC2)cn1. The first-order chi connectivity index (χ1) is 13.0. The predicted octanol–water partition coefficient (Wildman–Crippen LogP) is 0.641. The zero-order chi connectivity index (χ0) is 19.2. The van der Waals surface area contributed by atoms with Gasteiger partial charge in [0.05, 0.1) is 11.8 Å². The number of amides is 2. The van der Waals surface area contributed by atoms with Crippen molar-refractivity contribution in [3.05, 3.63) is 42.1 Å². The van der Waals surface area contributed by atoms with Crippen molar-refractivity contribution in [3.63, 3.8) is 0 Å². The lowest BCUT2D eigenvalue weighted by atomic mass is 10.2. The molecule has 2 amide bonds. The summed E-state index contributed by atoms with van der Waals surface area (Å²) in [5.41, 5.74) is 0.443. The van der Waals surface area contributed by atoms with Crippen LogP contribution >= 0.6 is 0 Å². The number of hydrogen-bond acceptors (Lipinski definition) is 7. The molecule has 1 aliphatic heterocycles. The Morgan fingerprint density at radius 2 is 1.74 bits per heavy atom. The minimum atomic E-state index is -0.149. The minimum Gasteiger partial charge on any atom is -0.459 e. The van der Waals surface area contributed by atoms with E-state index in [2.05, 4.69) is 20.2 Å². The molecule has 0 atom stereocenters. The Morgan fingerprint density at radius 1 is 1.11 bits per heavy atom. The van der Waals surface area contributed by atoms with E-state index >= 15 is 0 Å². The van der Waals surface area contributed by atoms with Crippen LogP contribution in [0.5, 0.6) is 0 Å². The Kier molecular flexibility index (Phi) is 6.02. The number of aromatic nitrogens is 2. The highest BCUT2D eigenvalue weighted by Gasteiger charge is 2.26. The summed E-state index contributed by atoms with van der Waals surface area (Å²) in [6.45, 7) is 3.46. The van der Waals surface area contributed by atoms with Gasteiger partial charge in [-0.25, -0.2) is 9.97 Å². The minimum absolute atomic E-state index is 0.125. The maximum Gasteiger partial charge on any atom is 0.289 e. The predicted molar refractivity (Wildman–Crippen MR) is 99.6 cm³/mol. The summed E-state index contributed by atoms with van der Waals surface area (Å²) in [6.07, 6.45) is 4.55. The van der Waals surface area contributed by atoms with Crippen molar-refractivity contribution in [1.29, 1.82) is 0 Å². The fourth-order valence-electron chi connectivity index (χ4n) is 2.77. The second-order valence-electron chi connectivity index (χ2n) is 6.59. The number of nitrogens with one attached hydrogen (secondary N) is 1. The fraction of sp³-hybridized carbons (Fsp3) is 0.444. The molecule has 3 heterocycles. The number of piperazine rings is 1. The van der Waals surface area contributed by atoms with Gasteiger partial charge in [-0.15, -0.1) is 0 Å². The average molecular weight is 372 g/mol. The van der Waals surface area contributed by atoms with Crippen LogP contribution < -0.4 is 5.32 Å². The van der Waals surface area contributed by atoms with Gasteiger partial charge < -0.3 is 24.4 Å². The van der Waals surface area contributed by atoms with E-state index in [4.69, 9.17) is 4.42 Å². The van der Waals surface area contributed by atoms with E-state index in [9.17, 15) is 9.59 Å². The molecule has 27 heavy (non-hydrogen) atoms. The molecule has 144 valence electrons. The molecule has 2 aromatic heterocycles. The number of hydrogen-bond donors (Lipinski definition) is 1. The highest BCUT2D eigenvalue weighted by atomic mass is 16.3. The van der Waals surface area contributed by atoms with Crippen LogP contribution in [-0.2, 0) is 0 Å². The van der Waals surface area contributed by atoms with Crippen molar-refractivity contribution in [2.45, 2.75) is 0 Å². The summed E-state index contributed by atoms with van der Waals surface area (Å²) >= 11 is 0. The van der Waals surface area contributed by atoms with E-state index < -0.39 is 0 Å². The van der Waals surface area contributed by atoms with Gasteiger partial charge in [-0.1, -0.05) is 0 Å². The fourth-order valence-corrected chi connectivity index (χ4v) is 2.77. The Labute approximate surface area is 158 Å². The van der Waals surface area contributed by atoms with Crippen LogP contribution in [0.15, 0.2) is 35.2 Å². The summed E-state index contributed by atoms with van der Waals surface area (Å²) in [5.74, 6) is 0.548. The Morgan fingerprint density at radius 3 is 2.30 bits per heavy atom. The Hall–Kier alpha value is -2.94. The Balaban J connectivity index is 1.51. The van der Waals surface area contributed by atoms with E-state index in [1.165, 1.54) is 18.7 Å². The number of furan rings is 1. The molecule has 1 N–H and O–H groups in total. The lowest BCUT2D eigenvalue weighted by Crippen LogP contribution is -2.50. The van der Waals surface area contributed by atoms with Gasteiger partial charge in [0.15, 0.2) is 5.76 Å². The third-order valence-corrected chi connectivity index (χ3v) is 4.33. The van der Waals surface area contributed by atoms with Crippen molar-refractivity contribution in [2.75, 3.05) is 58.7 Å². The van der Waals surface area contributed by atoms with Crippen LogP contribution in [0.2, 0.25) is 0 Å². The molecule has 2 aromatic rings. The van der Waals surface area contributed by atoms with Crippen LogP contribution in [0.1, 0.15) is 20.9 Å². The first kappa shape index (κ1) is 18.8. The van der Waals surface area contributed by atoms with Gasteiger partial charge in [0.25, 0.3) is 11.8 Å². The van der Waals surface area contributed by atoms with Gasteiger partial charge in [0.1, 0.15) is 0 Å². The summed E-state index contributed by atoms with van der Waals surface area (Å²) in [6, 6.07) is 3.33. The molecule has 0 aromatic carbocycles. The number of carbonyl (C=O) groups is 2.